The number of benzene rings is 2. The van der Waals surface area contributed by atoms with Gasteiger partial charge in [0.15, 0.2) is 5.78 Å². The highest BCUT2D eigenvalue weighted by Crippen LogP contribution is 2.27. The zero-order valence-corrected chi connectivity index (χ0v) is 15.9. The fourth-order valence-corrected chi connectivity index (χ4v) is 2.40. The molecule has 140 valence electrons. The molecule has 0 radical (unpaired) electrons. The molecule has 0 bridgehead atoms. The van der Waals surface area contributed by atoms with Crippen molar-refractivity contribution in [1.82, 2.24) is 0 Å². The summed E-state index contributed by atoms with van der Waals surface area (Å²) < 4.78 is 5.16. The lowest BCUT2D eigenvalue weighted by Gasteiger charge is -2.10. The predicted octanol–water partition coefficient (Wildman–Crippen LogP) is 4.07. The van der Waals surface area contributed by atoms with Crippen molar-refractivity contribution >= 4 is 40.6 Å². The molecule has 0 spiro atoms. The van der Waals surface area contributed by atoms with E-state index in [1.54, 1.807) is 42.5 Å². The Labute approximate surface area is 162 Å². The third kappa shape index (κ3) is 5.69. The summed E-state index contributed by atoms with van der Waals surface area (Å²) in [6.45, 7) is 2.99. The second kappa shape index (κ2) is 9.00. The molecule has 0 aliphatic rings. The van der Waals surface area contributed by atoms with Gasteiger partial charge in [0, 0.05) is 27.9 Å². The second-order valence-corrected chi connectivity index (χ2v) is 6.19. The number of anilines is 2. The topological polar surface area (TPSA) is 84.5 Å². The van der Waals surface area contributed by atoms with Crippen LogP contribution < -0.4 is 15.4 Å². The van der Waals surface area contributed by atoms with E-state index in [2.05, 4.69) is 10.6 Å². The molecule has 0 fully saturated rings. The molecular weight excluding hydrogens is 368 g/mol. The highest BCUT2D eigenvalue weighted by Gasteiger charge is 2.10. The van der Waals surface area contributed by atoms with E-state index in [9.17, 15) is 14.4 Å². The standard InChI is InChI=1S/C20H19ClN2O4/c1-12(20(26)22-16-7-4-14(5-8-16)13(2)24)10-19(25)23-17-11-15(21)6-9-18(17)27-3/h4-11H,1-3H3,(H,22,26)(H,23,25)/b12-10-. The number of nitrogens with one attached hydrogen (secondary N) is 2. The Morgan fingerprint density at radius 2 is 1.67 bits per heavy atom. The van der Waals surface area contributed by atoms with Gasteiger partial charge in [-0.15, -0.1) is 0 Å². The minimum atomic E-state index is -0.491. The van der Waals surface area contributed by atoms with Crippen LogP contribution in [0.3, 0.4) is 0 Å². The van der Waals surface area contributed by atoms with Gasteiger partial charge in [-0.05, 0) is 56.3 Å². The smallest absolute Gasteiger partial charge is 0.251 e. The van der Waals surface area contributed by atoms with Gasteiger partial charge >= 0.3 is 0 Å². The summed E-state index contributed by atoms with van der Waals surface area (Å²) in [5.74, 6) is -0.528. The molecule has 2 aromatic rings. The first-order chi connectivity index (χ1) is 12.8. The van der Waals surface area contributed by atoms with Gasteiger partial charge in [0.25, 0.3) is 5.91 Å². The number of methoxy groups -OCH3 is 1. The zero-order valence-electron chi connectivity index (χ0n) is 15.1. The Balaban J connectivity index is 2.05. The molecule has 7 heteroatoms. The van der Waals surface area contributed by atoms with Crippen LogP contribution in [0.15, 0.2) is 54.1 Å². The average molecular weight is 387 g/mol. The van der Waals surface area contributed by atoms with Crippen LogP contribution in [-0.2, 0) is 9.59 Å². The SMILES string of the molecule is COc1ccc(Cl)cc1NC(=O)/C=C(/C)C(=O)Nc1ccc(C(C)=O)cc1. The van der Waals surface area contributed by atoms with E-state index in [-0.39, 0.29) is 11.4 Å². The second-order valence-electron chi connectivity index (χ2n) is 5.75. The van der Waals surface area contributed by atoms with Crippen molar-refractivity contribution in [2.75, 3.05) is 17.7 Å². The van der Waals surface area contributed by atoms with Crippen LogP contribution >= 0.6 is 11.6 Å². The number of halogens is 1. The molecule has 0 atom stereocenters. The maximum Gasteiger partial charge on any atom is 0.251 e. The van der Waals surface area contributed by atoms with Gasteiger partial charge in [0.2, 0.25) is 5.91 Å². The van der Waals surface area contributed by atoms with Crippen LogP contribution in [-0.4, -0.2) is 24.7 Å². The number of hydrogen-bond donors (Lipinski definition) is 2. The van der Waals surface area contributed by atoms with Crippen molar-refractivity contribution in [3.05, 3.63) is 64.7 Å². The minimum absolute atomic E-state index is 0.0583. The summed E-state index contributed by atoms with van der Waals surface area (Å²) in [6.07, 6.45) is 1.18. The van der Waals surface area contributed by atoms with Crippen molar-refractivity contribution in [1.29, 1.82) is 0 Å². The molecule has 0 unspecified atom stereocenters. The molecule has 27 heavy (non-hydrogen) atoms. The average Bonchev–Trinajstić information content (AvgIpc) is 2.62. The third-order valence-corrected chi connectivity index (χ3v) is 3.91. The van der Waals surface area contributed by atoms with Crippen LogP contribution in [0.1, 0.15) is 24.2 Å². The summed E-state index contributed by atoms with van der Waals surface area (Å²) in [5.41, 5.74) is 1.69. The van der Waals surface area contributed by atoms with Gasteiger partial charge in [-0.2, -0.15) is 0 Å². The van der Waals surface area contributed by atoms with Gasteiger partial charge < -0.3 is 15.4 Å². The molecule has 0 heterocycles. The molecule has 2 amide bonds. The summed E-state index contributed by atoms with van der Waals surface area (Å²) in [6, 6.07) is 11.3. The van der Waals surface area contributed by atoms with E-state index >= 15 is 0 Å². The van der Waals surface area contributed by atoms with Crippen LogP contribution in [0.2, 0.25) is 5.02 Å². The summed E-state index contributed by atoms with van der Waals surface area (Å²) >= 11 is 5.93. The Bertz CT molecular complexity index is 905. The lowest BCUT2D eigenvalue weighted by molar-refractivity contribution is -0.114. The lowest BCUT2D eigenvalue weighted by Crippen LogP contribution is -2.16. The number of carbonyl (C=O) groups is 3. The summed E-state index contributed by atoms with van der Waals surface area (Å²) in [5, 5.41) is 5.74. The molecule has 0 aliphatic carbocycles. The number of hydrogen-bond acceptors (Lipinski definition) is 4. The van der Waals surface area contributed by atoms with Crippen molar-refractivity contribution in [3.63, 3.8) is 0 Å². The summed E-state index contributed by atoms with van der Waals surface area (Å²) in [7, 11) is 1.48. The number of amides is 2. The molecule has 2 rings (SSSR count). The van der Waals surface area contributed by atoms with Crippen LogP contribution in [0.25, 0.3) is 0 Å². The minimum Gasteiger partial charge on any atom is -0.495 e. The Morgan fingerprint density at radius 1 is 1.00 bits per heavy atom. The van der Waals surface area contributed by atoms with E-state index < -0.39 is 11.8 Å². The zero-order chi connectivity index (χ0) is 20.0. The highest BCUT2D eigenvalue weighted by atomic mass is 35.5. The van der Waals surface area contributed by atoms with E-state index in [0.29, 0.717) is 27.7 Å². The molecular formula is C20H19ClN2O4. The van der Waals surface area contributed by atoms with E-state index in [0.717, 1.165) is 0 Å². The lowest BCUT2D eigenvalue weighted by atomic mass is 10.1. The van der Waals surface area contributed by atoms with Crippen molar-refractivity contribution in [2.24, 2.45) is 0 Å². The molecule has 0 aromatic heterocycles. The number of ether oxygens (including phenoxy) is 1. The largest absolute Gasteiger partial charge is 0.495 e. The van der Waals surface area contributed by atoms with Crippen LogP contribution in [0, 0.1) is 0 Å². The highest BCUT2D eigenvalue weighted by molar-refractivity contribution is 6.31. The van der Waals surface area contributed by atoms with Crippen LogP contribution in [0.5, 0.6) is 5.75 Å². The fraction of sp³-hybridized carbons (Fsp3) is 0.150. The molecule has 0 aliphatic heterocycles. The molecule has 0 saturated heterocycles. The summed E-state index contributed by atoms with van der Waals surface area (Å²) in [4.78, 5) is 35.7. The van der Waals surface area contributed by atoms with E-state index in [4.69, 9.17) is 16.3 Å². The van der Waals surface area contributed by atoms with Gasteiger partial charge in [-0.3, -0.25) is 14.4 Å². The molecule has 2 aromatic carbocycles. The quantitative estimate of drug-likeness (QED) is 0.578. The predicted molar refractivity (Wildman–Crippen MR) is 105 cm³/mol. The third-order valence-electron chi connectivity index (χ3n) is 3.67. The van der Waals surface area contributed by atoms with Crippen molar-refractivity contribution in [2.45, 2.75) is 13.8 Å². The van der Waals surface area contributed by atoms with Gasteiger partial charge in [-0.1, -0.05) is 11.6 Å². The first kappa shape index (κ1) is 20.2. The number of ketones is 1. The first-order valence-electron chi connectivity index (χ1n) is 8.05. The maximum atomic E-state index is 12.2. The Morgan fingerprint density at radius 3 is 2.26 bits per heavy atom. The Kier molecular flexibility index (Phi) is 6.73. The molecule has 0 saturated carbocycles. The van der Waals surface area contributed by atoms with Crippen LogP contribution in [0.4, 0.5) is 11.4 Å². The Hall–Kier alpha value is -3.12. The normalized spacial score (nSPS) is 10.9. The van der Waals surface area contributed by atoms with Gasteiger partial charge in [0.1, 0.15) is 5.75 Å². The molecule has 6 nitrogen and oxygen atoms in total. The van der Waals surface area contributed by atoms with E-state index in [1.807, 2.05) is 0 Å². The monoisotopic (exact) mass is 386 g/mol. The fourth-order valence-electron chi connectivity index (χ4n) is 2.23. The number of Topliss-reactive ketones (excluding diaryl/α,β-unsaturated/α-hetero) is 1. The maximum absolute atomic E-state index is 12.2. The first-order valence-corrected chi connectivity index (χ1v) is 8.43. The van der Waals surface area contributed by atoms with Crippen molar-refractivity contribution < 1.29 is 19.1 Å². The van der Waals surface area contributed by atoms with Gasteiger partial charge in [0.05, 0.1) is 12.8 Å². The number of carbonyl (C=O) groups excluding carboxylic acids is 3. The van der Waals surface area contributed by atoms with E-state index in [1.165, 1.54) is 27.0 Å². The molecule has 2 N–H and O–H groups in total. The van der Waals surface area contributed by atoms with Gasteiger partial charge in [-0.25, -0.2) is 0 Å². The number of rotatable bonds is 6. The van der Waals surface area contributed by atoms with Crippen molar-refractivity contribution in [3.8, 4) is 5.75 Å².